The molecule has 0 fully saturated rings. The molecule has 1 aromatic heterocycles. The van der Waals surface area contributed by atoms with Crippen LogP contribution in [-0.4, -0.2) is 29.3 Å². The molecule has 3 aromatic rings. The third kappa shape index (κ3) is 6.88. The monoisotopic (exact) mass is 385 g/mol. The van der Waals surface area contributed by atoms with Crippen molar-refractivity contribution in [3.05, 3.63) is 93.9 Å². The molecule has 0 spiro atoms. The van der Waals surface area contributed by atoms with E-state index in [0.717, 1.165) is 17.7 Å². The number of ether oxygens (including phenoxy) is 1. The normalized spacial score (nSPS) is 12.4. The highest BCUT2D eigenvalue weighted by molar-refractivity contribution is 7.07. The largest absolute Gasteiger partial charge is 0.389 e. The second-order valence-electron chi connectivity index (χ2n) is 6.58. The molecule has 1 unspecified atom stereocenters. The van der Waals surface area contributed by atoms with Gasteiger partial charge in [0, 0.05) is 19.6 Å². The van der Waals surface area contributed by atoms with Crippen LogP contribution in [0.15, 0.2) is 71.4 Å². The van der Waals surface area contributed by atoms with Gasteiger partial charge in [0.1, 0.15) is 5.82 Å². The van der Waals surface area contributed by atoms with E-state index in [4.69, 9.17) is 4.74 Å². The molecule has 0 saturated heterocycles. The number of nitrogens with zero attached hydrogens (tertiary/aromatic N) is 1. The Hall–Kier alpha value is -2.05. The Balaban J connectivity index is 1.53. The van der Waals surface area contributed by atoms with Crippen LogP contribution >= 0.6 is 11.3 Å². The molecule has 3 nitrogen and oxygen atoms in total. The van der Waals surface area contributed by atoms with E-state index >= 15 is 0 Å². The van der Waals surface area contributed by atoms with E-state index in [9.17, 15) is 9.50 Å². The number of benzene rings is 2. The second kappa shape index (κ2) is 10.3. The summed E-state index contributed by atoms with van der Waals surface area (Å²) >= 11 is 1.66. The van der Waals surface area contributed by atoms with Gasteiger partial charge in [-0.3, -0.25) is 4.90 Å². The minimum atomic E-state index is -0.590. The molecule has 0 saturated carbocycles. The van der Waals surface area contributed by atoms with Crippen molar-refractivity contribution in [1.82, 2.24) is 4.90 Å². The van der Waals surface area contributed by atoms with Crippen LogP contribution < -0.4 is 0 Å². The van der Waals surface area contributed by atoms with Crippen molar-refractivity contribution in [2.24, 2.45) is 0 Å². The lowest BCUT2D eigenvalue weighted by Gasteiger charge is -2.25. The van der Waals surface area contributed by atoms with Crippen LogP contribution in [0.4, 0.5) is 4.39 Å². The first-order valence-electron chi connectivity index (χ1n) is 8.96. The van der Waals surface area contributed by atoms with Crippen molar-refractivity contribution in [2.45, 2.75) is 25.8 Å². The average Bonchev–Trinajstić information content (AvgIpc) is 3.17. The molecule has 1 heterocycles. The summed E-state index contributed by atoms with van der Waals surface area (Å²) in [5, 5.41) is 14.6. The van der Waals surface area contributed by atoms with Crippen LogP contribution in [-0.2, 0) is 24.4 Å². The fourth-order valence-electron chi connectivity index (χ4n) is 2.91. The molecule has 0 radical (unpaired) electrons. The molecule has 1 N–H and O–H groups in total. The Morgan fingerprint density at radius 2 is 1.67 bits per heavy atom. The SMILES string of the molecule is OC(COCc1ccccc1)CN(Cc1ccc(F)cc1)Cc1ccsc1. The van der Waals surface area contributed by atoms with Crippen LogP contribution in [0.5, 0.6) is 0 Å². The van der Waals surface area contributed by atoms with Gasteiger partial charge in [-0.1, -0.05) is 42.5 Å². The predicted molar refractivity (Wildman–Crippen MR) is 107 cm³/mol. The van der Waals surface area contributed by atoms with Gasteiger partial charge in [-0.05, 0) is 45.6 Å². The Bertz CT molecular complexity index is 778. The van der Waals surface area contributed by atoms with Crippen molar-refractivity contribution in [3.8, 4) is 0 Å². The molecule has 0 aliphatic heterocycles. The summed E-state index contributed by atoms with van der Waals surface area (Å²) in [5.74, 6) is -0.238. The molecule has 5 heteroatoms. The smallest absolute Gasteiger partial charge is 0.123 e. The summed E-state index contributed by atoms with van der Waals surface area (Å²) in [5.41, 5.74) is 3.31. The molecule has 142 valence electrons. The molecule has 2 aromatic carbocycles. The average molecular weight is 386 g/mol. The number of halogens is 1. The van der Waals surface area contributed by atoms with Gasteiger partial charge in [0.2, 0.25) is 0 Å². The molecule has 0 aliphatic rings. The lowest BCUT2D eigenvalue weighted by molar-refractivity contribution is 0.00714. The molecule has 27 heavy (non-hydrogen) atoms. The van der Waals surface area contributed by atoms with E-state index in [2.05, 4.69) is 16.3 Å². The molecule has 0 bridgehead atoms. The van der Waals surface area contributed by atoms with Crippen LogP contribution in [0, 0.1) is 5.82 Å². The Morgan fingerprint density at radius 1 is 0.926 bits per heavy atom. The van der Waals surface area contributed by atoms with Gasteiger partial charge >= 0.3 is 0 Å². The molecular weight excluding hydrogens is 361 g/mol. The van der Waals surface area contributed by atoms with E-state index in [-0.39, 0.29) is 12.4 Å². The zero-order chi connectivity index (χ0) is 18.9. The lowest BCUT2D eigenvalue weighted by atomic mass is 10.2. The summed E-state index contributed by atoms with van der Waals surface area (Å²) in [6.45, 7) is 2.63. The maximum absolute atomic E-state index is 13.1. The molecule has 0 aliphatic carbocycles. The summed E-state index contributed by atoms with van der Waals surface area (Å²) in [6, 6.07) is 18.5. The number of thiophene rings is 1. The van der Waals surface area contributed by atoms with Crippen LogP contribution in [0.2, 0.25) is 0 Å². The maximum atomic E-state index is 13.1. The maximum Gasteiger partial charge on any atom is 0.123 e. The number of hydrogen-bond donors (Lipinski definition) is 1. The van der Waals surface area contributed by atoms with Gasteiger partial charge in [-0.2, -0.15) is 11.3 Å². The minimum Gasteiger partial charge on any atom is -0.389 e. The third-order valence-electron chi connectivity index (χ3n) is 4.20. The third-order valence-corrected chi connectivity index (χ3v) is 4.93. The fourth-order valence-corrected chi connectivity index (χ4v) is 3.57. The van der Waals surface area contributed by atoms with E-state index in [1.54, 1.807) is 23.5 Å². The topological polar surface area (TPSA) is 32.7 Å². The highest BCUT2D eigenvalue weighted by Gasteiger charge is 2.14. The first-order chi connectivity index (χ1) is 13.2. The Kier molecular flexibility index (Phi) is 7.54. The summed E-state index contributed by atoms with van der Waals surface area (Å²) < 4.78 is 18.8. The van der Waals surface area contributed by atoms with Crippen LogP contribution in [0.3, 0.4) is 0 Å². The van der Waals surface area contributed by atoms with E-state index in [0.29, 0.717) is 19.7 Å². The number of hydrogen-bond acceptors (Lipinski definition) is 4. The Morgan fingerprint density at radius 3 is 2.37 bits per heavy atom. The molecule has 0 amide bonds. The van der Waals surface area contributed by atoms with Crippen molar-refractivity contribution in [1.29, 1.82) is 0 Å². The van der Waals surface area contributed by atoms with Crippen molar-refractivity contribution < 1.29 is 14.2 Å². The predicted octanol–water partition coefficient (Wildman–Crippen LogP) is 4.47. The van der Waals surface area contributed by atoms with E-state index in [1.165, 1.54) is 17.7 Å². The standard InChI is InChI=1S/C22H24FNO2S/c23-21-8-6-18(7-9-21)12-24(13-20-10-11-27-17-20)14-22(25)16-26-15-19-4-2-1-3-5-19/h1-11,17,22,25H,12-16H2. The van der Waals surface area contributed by atoms with Crippen molar-refractivity contribution in [2.75, 3.05) is 13.2 Å². The lowest BCUT2D eigenvalue weighted by Crippen LogP contribution is -2.34. The van der Waals surface area contributed by atoms with Crippen molar-refractivity contribution in [3.63, 3.8) is 0 Å². The van der Waals surface area contributed by atoms with Crippen LogP contribution in [0.25, 0.3) is 0 Å². The molecular formula is C22H24FNO2S. The number of rotatable bonds is 10. The number of aliphatic hydroxyl groups excluding tert-OH is 1. The Labute approximate surface area is 163 Å². The van der Waals surface area contributed by atoms with E-state index in [1.807, 2.05) is 35.7 Å². The van der Waals surface area contributed by atoms with Gasteiger partial charge in [0.15, 0.2) is 0 Å². The number of aliphatic hydroxyl groups is 1. The van der Waals surface area contributed by atoms with Crippen molar-refractivity contribution >= 4 is 11.3 Å². The van der Waals surface area contributed by atoms with Gasteiger partial charge in [-0.15, -0.1) is 0 Å². The van der Waals surface area contributed by atoms with Crippen LogP contribution in [0.1, 0.15) is 16.7 Å². The highest BCUT2D eigenvalue weighted by Crippen LogP contribution is 2.14. The highest BCUT2D eigenvalue weighted by atomic mass is 32.1. The van der Waals surface area contributed by atoms with Gasteiger partial charge < -0.3 is 9.84 Å². The second-order valence-corrected chi connectivity index (χ2v) is 7.36. The van der Waals surface area contributed by atoms with E-state index < -0.39 is 6.10 Å². The fraction of sp³-hybridized carbons (Fsp3) is 0.273. The summed E-state index contributed by atoms with van der Waals surface area (Å²) in [7, 11) is 0. The summed E-state index contributed by atoms with van der Waals surface area (Å²) in [4.78, 5) is 2.16. The molecule has 3 rings (SSSR count). The first-order valence-corrected chi connectivity index (χ1v) is 9.91. The quantitative estimate of drug-likeness (QED) is 0.559. The van der Waals surface area contributed by atoms with Gasteiger partial charge in [0.05, 0.1) is 19.3 Å². The minimum absolute atomic E-state index is 0.238. The van der Waals surface area contributed by atoms with Gasteiger partial charge in [0.25, 0.3) is 0 Å². The van der Waals surface area contributed by atoms with Gasteiger partial charge in [-0.25, -0.2) is 4.39 Å². The first kappa shape index (κ1) is 19.7. The zero-order valence-electron chi connectivity index (χ0n) is 15.1. The molecule has 1 atom stereocenters. The zero-order valence-corrected chi connectivity index (χ0v) is 15.9. The summed E-state index contributed by atoms with van der Waals surface area (Å²) in [6.07, 6.45) is -0.590.